The third-order valence-electron chi connectivity index (χ3n) is 3.61. The Morgan fingerprint density at radius 2 is 1.70 bits per heavy atom. The average Bonchev–Trinajstić information content (AvgIpc) is 2.38. The van der Waals surface area contributed by atoms with Gasteiger partial charge in [0.2, 0.25) is 10.0 Å². The van der Waals surface area contributed by atoms with E-state index < -0.39 is 15.8 Å². The van der Waals surface area contributed by atoms with Crippen LogP contribution in [0.4, 0.5) is 4.39 Å². The highest BCUT2D eigenvalue weighted by Gasteiger charge is 2.27. The topological polar surface area (TPSA) is 57.6 Å². The molecule has 1 heterocycles. The predicted octanol–water partition coefficient (Wildman–Crippen LogP) is 2.27. The molecule has 1 saturated heterocycles. The van der Waals surface area contributed by atoms with Crippen molar-refractivity contribution in [2.45, 2.75) is 43.6 Å². The molecule has 0 unspecified atom stereocenters. The number of nitrogens with zero attached hydrogens (tertiary/aromatic N) is 1. The molecule has 20 heavy (non-hydrogen) atoms. The molecule has 0 atom stereocenters. The molecule has 1 aromatic rings. The summed E-state index contributed by atoms with van der Waals surface area (Å²) < 4.78 is 40.3. The second-order valence-electron chi connectivity index (χ2n) is 5.09. The fourth-order valence-corrected chi connectivity index (χ4v) is 4.07. The lowest BCUT2D eigenvalue weighted by atomic mass is 10.1. The van der Waals surface area contributed by atoms with E-state index in [-0.39, 0.29) is 11.5 Å². The maximum atomic E-state index is 13.9. The Kier molecular flexibility index (Phi) is 5.12. The Morgan fingerprint density at radius 3 is 2.30 bits per heavy atom. The molecule has 1 N–H and O–H groups in total. The molecule has 0 spiro atoms. The van der Waals surface area contributed by atoms with Crippen LogP contribution >= 0.6 is 0 Å². The van der Waals surface area contributed by atoms with Crippen LogP contribution < -0.4 is 0 Å². The van der Waals surface area contributed by atoms with Gasteiger partial charge in [-0.3, -0.25) is 0 Å². The quantitative estimate of drug-likeness (QED) is 0.932. The van der Waals surface area contributed by atoms with Crippen LogP contribution in [0.5, 0.6) is 0 Å². The standard InChI is InChI=1S/C14H20FNO3S/c15-13-7-6-12(11-17)10-14(13)20(18,19)16-8-4-2-1-3-5-9-16/h6-7,10,17H,1-5,8-9,11H2. The van der Waals surface area contributed by atoms with E-state index in [1.54, 1.807) is 0 Å². The van der Waals surface area contributed by atoms with Crippen LogP contribution in [-0.2, 0) is 16.6 Å². The van der Waals surface area contributed by atoms with E-state index in [0.29, 0.717) is 18.7 Å². The first kappa shape index (κ1) is 15.4. The van der Waals surface area contributed by atoms with Gasteiger partial charge in [-0.25, -0.2) is 12.8 Å². The summed E-state index contributed by atoms with van der Waals surface area (Å²) in [6.07, 6.45) is 4.75. The Bertz CT molecular complexity index is 552. The molecule has 0 aliphatic carbocycles. The summed E-state index contributed by atoms with van der Waals surface area (Å²) >= 11 is 0. The smallest absolute Gasteiger partial charge is 0.245 e. The van der Waals surface area contributed by atoms with E-state index in [4.69, 9.17) is 5.11 Å². The first-order valence-electron chi connectivity index (χ1n) is 6.95. The van der Waals surface area contributed by atoms with Crippen LogP contribution in [0.15, 0.2) is 23.1 Å². The normalized spacial score (nSPS) is 18.5. The molecule has 1 aromatic carbocycles. The van der Waals surface area contributed by atoms with E-state index in [1.165, 1.54) is 16.4 Å². The molecule has 0 amide bonds. The minimum Gasteiger partial charge on any atom is -0.392 e. The molecule has 2 rings (SSSR count). The number of aliphatic hydroxyl groups excluding tert-OH is 1. The van der Waals surface area contributed by atoms with Crippen LogP contribution in [0.2, 0.25) is 0 Å². The number of rotatable bonds is 3. The Hall–Kier alpha value is -0.980. The molecule has 6 heteroatoms. The Morgan fingerprint density at radius 1 is 1.10 bits per heavy atom. The van der Waals surface area contributed by atoms with Gasteiger partial charge in [0, 0.05) is 13.1 Å². The number of benzene rings is 1. The molecule has 4 nitrogen and oxygen atoms in total. The number of hydrogen-bond acceptors (Lipinski definition) is 3. The van der Waals surface area contributed by atoms with Gasteiger partial charge in [-0.15, -0.1) is 0 Å². The zero-order valence-corrected chi connectivity index (χ0v) is 12.2. The summed E-state index contributed by atoms with van der Waals surface area (Å²) in [5.74, 6) is -0.760. The van der Waals surface area contributed by atoms with Gasteiger partial charge < -0.3 is 5.11 Å². The minimum absolute atomic E-state index is 0.303. The number of aliphatic hydroxyl groups is 1. The number of halogens is 1. The van der Waals surface area contributed by atoms with Crippen molar-refractivity contribution >= 4 is 10.0 Å². The van der Waals surface area contributed by atoms with Crippen molar-refractivity contribution < 1.29 is 17.9 Å². The van der Waals surface area contributed by atoms with Crippen LogP contribution in [0.1, 0.15) is 37.7 Å². The fourth-order valence-electron chi connectivity index (χ4n) is 2.44. The van der Waals surface area contributed by atoms with Crippen molar-refractivity contribution in [3.8, 4) is 0 Å². The summed E-state index contributed by atoms with van der Waals surface area (Å²) in [4.78, 5) is -0.329. The largest absolute Gasteiger partial charge is 0.392 e. The van der Waals surface area contributed by atoms with Crippen molar-refractivity contribution in [2.75, 3.05) is 13.1 Å². The molecular formula is C14H20FNO3S. The molecule has 0 radical (unpaired) electrons. The van der Waals surface area contributed by atoms with Gasteiger partial charge in [0.15, 0.2) is 0 Å². The fraction of sp³-hybridized carbons (Fsp3) is 0.571. The van der Waals surface area contributed by atoms with E-state index in [1.807, 2.05) is 0 Å². The number of hydrogen-bond donors (Lipinski definition) is 1. The van der Waals surface area contributed by atoms with Gasteiger partial charge >= 0.3 is 0 Å². The lowest BCUT2D eigenvalue weighted by Crippen LogP contribution is -2.34. The highest BCUT2D eigenvalue weighted by atomic mass is 32.2. The van der Waals surface area contributed by atoms with Crippen LogP contribution in [0, 0.1) is 5.82 Å². The minimum atomic E-state index is -3.82. The molecule has 0 saturated carbocycles. The van der Waals surface area contributed by atoms with Crippen molar-refractivity contribution in [1.82, 2.24) is 4.31 Å². The van der Waals surface area contributed by atoms with Crippen molar-refractivity contribution in [1.29, 1.82) is 0 Å². The van der Waals surface area contributed by atoms with Crippen molar-refractivity contribution in [2.24, 2.45) is 0 Å². The third-order valence-corrected chi connectivity index (χ3v) is 5.52. The van der Waals surface area contributed by atoms with Crippen molar-refractivity contribution in [3.63, 3.8) is 0 Å². The van der Waals surface area contributed by atoms with E-state index in [2.05, 4.69) is 0 Å². The molecule has 112 valence electrons. The molecule has 0 aromatic heterocycles. The van der Waals surface area contributed by atoms with Gasteiger partial charge in [0.05, 0.1) is 6.61 Å². The first-order chi connectivity index (χ1) is 9.55. The molecule has 1 aliphatic rings. The third kappa shape index (κ3) is 3.37. The summed E-state index contributed by atoms with van der Waals surface area (Å²) in [7, 11) is -3.82. The summed E-state index contributed by atoms with van der Waals surface area (Å²) in [5.41, 5.74) is 0.400. The Labute approximate surface area is 119 Å². The average molecular weight is 301 g/mol. The van der Waals surface area contributed by atoms with Gasteiger partial charge in [0.1, 0.15) is 10.7 Å². The summed E-state index contributed by atoms with van der Waals surface area (Å²) in [5, 5.41) is 9.08. The second kappa shape index (κ2) is 6.65. The van der Waals surface area contributed by atoms with Crippen LogP contribution in [0.25, 0.3) is 0 Å². The highest BCUT2D eigenvalue weighted by Crippen LogP contribution is 2.23. The first-order valence-corrected chi connectivity index (χ1v) is 8.39. The molecule has 1 aliphatic heterocycles. The van der Waals surface area contributed by atoms with E-state index in [9.17, 15) is 12.8 Å². The number of sulfonamides is 1. The SMILES string of the molecule is O=S(=O)(c1cc(CO)ccc1F)N1CCCCCCC1. The maximum Gasteiger partial charge on any atom is 0.245 e. The van der Waals surface area contributed by atoms with Gasteiger partial charge in [-0.05, 0) is 30.5 Å². The zero-order valence-electron chi connectivity index (χ0n) is 11.4. The maximum absolute atomic E-state index is 13.9. The van der Waals surface area contributed by atoms with Crippen LogP contribution in [-0.4, -0.2) is 30.9 Å². The predicted molar refractivity (Wildman–Crippen MR) is 74.2 cm³/mol. The summed E-state index contributed by atoms with van der Waals surface area (Å²) in [6, 6.07) is 3.72. The van der Waals surface area contributed by atoms with Gasteiger partial charge in [-0.2, -0.15) is 4.31 Å². The lowest BCUT2D eigenvalue weighted by molar-refractivity contribution is 0.281. The molecular weight excluding hydrogens is 281 g/mol. The van der Waals surface area contributed by atoms with Gasteiger partial charge in [0.25, 0.3) is 0 Å². The monoisotopic (exact) mass is 301 g/mol. The molecule has 1 fully saturated rings. The van der Waals surface area contributed by atoms with Crippen molar-refractivity contribution in [3.05, 3.63) is 29.6 Å². The van der Waals surface area contributed by atoms with Crippen LogP contribution in [0.3, 0.4) is 0 Å². The van der Waals surface area contributed by atoms with E-state index in [0.717, 1.165) is 38.2 Å². The Balaban J connectivity index is 2.32. The second-order valence-corrected chi connectivity index (χ2v) is 7.00. The summed E-state index contributed by atoms with van der Waals surface area (Å²) in [6.45, 7) is 0.569. The highest BCUT2D eigenvalue weighted by molar-refractivity contribution is 7.89. The van der Waals surface area contributed by atoms with E-state index >= 15 is 0 Å². The zero-order chi connectivity index (χ0) is 14.6. The van der Waals surface area contributed by atoms with Gasteiger partial charge in [-0.1, -0.05) is 25.3 Å². The lowest BCUT2D eigenvalue weighted by Gasteiger charge is -2.24. The molecule has 0 bridgehead atoms.